The highest BCUT2D eigenvalue weighted by molar-refractivity contribution is 7.80. The molecule has 1 amide bonds. The standard InChI is InChI=1S/C15H21N3OS/c1-11-3-5-13(6-4-11)14(15(16)20)18-9-7-17(8-10-18)12(2)19/h3-6,14H,7-10H2,1-2H3,(H2,16,20). The lowest BCUT2D eigenvalue weighted by Gasteiger charge is -2.38. The number of rotatable bonds is 3. The number of carbonyl (C=O) groups is 1. The van der Waals surface area contributed by atoms with E-state index in [1.807, 2.05) is 4.90 Å². The molecule has 1 aliphatic rings. The second-order valence-electron chi connectivity index (χ2n) is 5.26. The van der Waals surface area contributed by atoms with E-state index < -0.39 is 0 Å². The summed E-state index contributed by atoms with van der Waals surface area (Å²) in [5.41, 5.74) is 8.29. The van der Waals surface area contributed by atoms with Crippen LogP contribution in [0.4, 0.5) is 0 Å². The van der Waals surface area contributed by atoms with E-state index in [4.69, 9.17) is 18.0 Å². The van der Waals surface area contributed by atoms with Crippen molar-refractivity contribution in [3.63, 3.8) is 0 Å². The quantitative estimate of drug-likeness (QED) is 0.857. The zero-order valence-corrected chi connectivity index (χ0v) is 12.8. The van der Waals surface area contributed by atoms with E-state index in [0.29, 0.717) is 4.99 Å². The molecule has 1 atom stereocenters. The van der Waals surface area contributed by atoms with Gasteiger partial charge in [-0.2, -0.15) is 0 Å². The number of nitrogens with zero attached hydrogens (tertiary/aromatic N) is 2. The molecule has 0 aromatic heterocycles. The first kappa shape index (κ1) is 14.9. The molecule has 1 saturated heterocycles. The number of hydrogen-bond donors (Lipinski definition) is 1. The molecule has 1 fully saturated rings. The van der Waals surface area contributed by atoms with Gasteiger partial charge < -0.3 is 10.6 Å². The van der Waals surface area contributed by atoms with Crippen LogP contribution in [-0.4, -0.2) is 46.9 Å². The molecule has 1 heterocycles. The summed E-state index contributed by atoms with van der Waals surface area (Å²) >= 11 is 5.25. The van der Waals surface area contributed by atoms with Gasteiger partial charge in [0.25, 0.3) is 0 Å². The van der Waals surface area contributed by atoms with Gasteiger partial charge in [-0.1, -0.05) is 42.0 Å². The van der Waals surface area contributed by atoms with Crippen molar-refractivity contribution in [2.75, 3.05) is 26.2 Å². The van der Waals surface area contributed by atoms with Gasteiger partial charge in [0.2, 0.25) is 5.91 Å². The first-order valence-corrected chi connectivity index (χ1v) is 7.25. The average Bonchev–Trinajstić information content (AvgIpc) is 2.41. The molecular formula is C15H21N3OS. The molecule has 108 valence electrons. The van der Waals surface area contributed by atoms with E-state index in [0.717, 1.165) is 31.7 Å². The maximum atomic E-state index is 11.4. The summed E-state index contributed by atoms with van der Waals surface area (Å²) in [7, 11) is 0. The number of carbonyl (C=O) groups excluding carboxylic acids is 1. The van der Waals surface area contributed by atoms with Gasteiger partial charge in [-0.05, 0) is 12.5 Å². The maximum absolute atomic E-state index is 11.4. The van der Waals surface area contributed by atoms with E-state index in [1.54, 1.807) is 6.92 Å². The molecule has 1 unspecified atom stereocenters. The third kappa shape index (κ3) is 3.35. The highest BCUT2D eigenvalue weighted by Gasteiger charge is 2.27. The summed E-state index contributed by atoms with van der Waals surface area (Å²) < 4.78 is 0. The zero-order chi connectivity index (χ0) is 14.7. The number of amides is 1. The van der Waals surface area contributed by atoms with E-state index in [-0.39, 0.29) is 11.9 Å². The molecule has 2 N–H and O–H groups in total. The molecule has 1 aromatic rings. The lowest BCUT2D eigenvalue weighted by Crippen LogP contribution is -2.51. The molecule has 0 saturated carbocycles. The Balaban J connectivity index is 2.12. The highest BCUT2D eigenvalue weighted by atomic mass is 32.1. The van der Waals surface area contributed by atoms with E-state index in [1.165, 1.54) is 5.56 Å². The minimum atomic E-state index is -0.0419. The van der Waals surface area contributed by atoms with Crippen LogP contribution in [0, 0.1) is 6.92 Å². The first-order chi connectivity index (χ1) is 9.49. The van der Waals surface area contributed by atoms with Crippen LogP contribution < -0.4 is 5.73 Å². The SMILES string of the molecule is CC(=O)N1CCN(C(C(N)=S)c2ccc(C)cc2)CC1. The van der Waals surface area contributed by atoms with Gasteiger partial charge in [-0.3, -0.25) is 9.69 Å². The summed E-state index contributed by atoms with van der Waals surface area (Å²) in [6, 6.07) is 8.27. The molecule has 0 spiro atoms. The molecule has 0 bridgehead atoms. The first-order valence-electron chi connectivity index (χ1n) is 6.84. The lowest BCUT2D eigenvalue weighted by molar-refractivity contribution is -0.130. The van der Waals surface area contributed by atoms with Gasteiger partial charge in [-0.25, -0.2) is 0 Å². The fourth-order valence-electron chi connectivity index (χ4n) is 2.60. The van der Waals surface area contributed by atoms with Crippen molar-refractivity contribution in [3.05, 3.63) is 35.4 Å². The third-order valence-electron chi connectivity index (χ3n) is 3.79. The normalized spacial score (nSPS) is 17.8. The molecular weight excluding hydrogens is 270 g/mol. The van der Waals surface area contributed by atoms with Crippen LogP contribution in [0.2, 0.25) is 0 Å². The van der Waals surface area contributed by atoms with Crippen LogP contribution in [0.25, 0.3) is 0 Å². The predicted molar refractivity (Wildman–Crippen MR) is 84.5 cm³/mol. The summed E-state index contributed by atoms with van der Waals surface area (Å²) in [5.74, 6) is 0.131. The van der Waals surface area contributed by atoms with Crippen molar-refractivity contribution < 1.29 is 4.79 Å². The molecule has 4 nitrogen and oxygen atoms in total. The molecule has 5 heteroatoms. The van der Waals surface area contributed by atoms with Gasteiger partial charge in [0, 0.05) is 33.1 Å². The van der Waals surface area contributed by atoms with Crippen molar-refractivity contribution in [3.8, 4) is 0 Å². The number of aryl methyl sites for hydroxylation is 1. The number of benzene rings is 1. The number of hydrogen-bond acceptors (Lipinski definition) is 3. The molecule has 1 aliphatic heterocycles. The minimum Gasteiger partial charge on any atom is -0.392 e. The maximum Gasteiger partial charge on any atom is 0.219 e. The summed E-state index contributed by atoms with van der Waals surface area (Å²) in [6.45, 7) is 6.75. The largest absolute Gasteiger partial charge is 0.392 e. The van der Waals surface area contributed by atoms with Crippen molar-refractivity contribution in [1.29, 1.82) is 0 Å². The van der Waals surface area contributed by atoms with Gasteiger partial charge in [0.1, 0.15) is 0 Å². The van der Waals surface area contributed by atoms with E-state index in [9.17, 15) is 4.79 Å². The second-order valence-corrected chi connectivity index (χ2v) is 5.73. The number of piperazine rings is 1. The Labute approximate surface area is 125 Å². The smallest absolute Gasteiger partial charge is 0.219 e. The van der Waals surface area contributed by atoms with Crippen LogP contribution >= 0.6 is 12.2 Å². The van der Waals surface area contributed by atoms with Crippen LogP contribution in [0.3, 0.4) is 0 Å². The summed E-state index contributed by atoms with van der Waals surface area (Å²) in [6.07, 6.45) is 0. The van der Waals surface area contributed by atoms with Crippen molar-refractivity contribution >= 4 is 23.1 Å². The van der Waals surface area contributed by atoms with Gasteiger partial charge >= 0.3 is 0 Å². The van der Waals surface area contributed by atoms with E-state index in [2.05, 4.69) is 36.1 Å². The van der Waals surface area contributed by atoms with Crippen molar-refractivity contribution in [2.45, 2.75) is 19.9 Å². The van der Waals surface area contributed by atoms with Crippen molar-refractivity contribution in [1.82, 2.24) is 9.80 Å². The topological polar surface area (TPSA) is 49.6 Å². The Morgan fingerprint density at radius 1 is 1.20 bits per heavy atom. The number of thiocarbonyl (C=S) groups is 1. The highest BCUT2D eigenvalue weighted by Crippen LogP contribution is 2.23. The predicted octanol–water partition coefficient (Wildman–Crippen LogP) is 1.49. The van der Waals surface area contributed by atoms with E-state index >= 15 is 0 Å². The molecule has 2 rings (SSSR count). The van der Waals surface area contributed by atoms with Crippen molar-refractivity contribution in [2.24, 2.45) is 5.73 Å². The zero-order valence-electron chi connectivity index (χ0n) is 12.0. The molecule has 20 heavy (non-hydrogen) atoms. The fourth-order valence-corrected chi connectivity index (χ4v) is 2.88. The Morgan fingerprint density at radius 2 is 1.75 bits per heavy atom. The van der Waals surface area contributed by atoms with Gasteiger partial charge in [0.05, 0.1) is 11.0 Å². The Bertz CT molecular complexity index is 492. The second kappa shape index (κ2) is 6.33. The lowest BCUT2D eigenvalue weighted by atomic mass is 10.0. The van der Waals surface area contributed by atoms with Crippen LogP contribution in [0.15, 0.2) is 24.3 Å². The Kier molecular flexibility index (Phi) is 4.73. The van der Waals surface area contributed by atoms with Crippen LogP contribution in [0.1, 0.15) is 24.1 Å². The fraction of sp³-hybridized carbons (Fsp3) is 0.467. The molecule has 1 aromatic carbocycles. The Morgan fingerprint density at radius 3 is 2.20 bits per heavy atom. The Hall–Kier alpha value is -1.46. The molecule has 0 aliphatic carbocycles. The van der Waals surface area contributed by atoms with Crippen LogP contribution in [-0.2, 0) is 4.79 Å². The van der Waals surface area contributed by atoms with Gasteiger partial charge in [0.15, 0.2) is 0 Å². The summed E-state index contributed by atoms with van der Waals surface area (Å²) in [5, 5.41) is 0. The molecule has 0 radical (unpaired) electrons. The average molecular weight is 291 g/mol. The monoisotopic (exact) mass is 291 g/mol. The van der Waals surface area contributed by atoms with Crippen LogP contribution in [0.5, 0.6) is 0 Å². The summed E-state index contributed by atoms with van der Waals surface area (Å²) in [4.78, 5) is 16.0. The third-order valence-corrected chi connectivity index (χ3v) is 4.01. The number of nitrogens with two attached hydrogens (primary N) is 1. The minimum absolute atomic E-state index is 0.0419. The van der Waals surface area contributed by atoms with Gasteiger partial charge in [-0.15, -0.1) is 0 Å².